The zero-order chi connectivity index (χ0) is 12.1. The number of amides is 1. The van der Waals surface area contributed by atoms with Gasteiger partial charge < -0.3 is 10.1 Å². The standard InChI is InChI=1S/C10H9Cl2NO3.ClH/c1-2-13-9(14)10(15)16-8-6(11)4-3-5-7(8)12;/h3-5H,2H2,1H3,(H,13,14);1H. The van der Waals surface area contributed by atoms with Crippen molar-refractivity contribution >= 4 is 47.5 Å². The second-order valence-electron chi connectivity index (χ2n) is 2.80. The van der Waals surface area contributed by atoms with Crippen LogP contribution in [-0.4, -0.2) is 18.4 Å². The Morgan fingerprint density at radius 1 is 1.29 bits per heavy atom. The van der Waals surface area contributed by atoms with Gasteiger partial charge in [0.25, 0.3) is 0 Å². The molecule has 1 aromatic carbocycles. The molecule has 0 heterocycles. The molecule has 0 spiro atoms. The summed E-state index contributed by atoms with van der Waals surface area (Å²) in [6, 6.07) is 4.62. The van der Waals surface area contributed by atoms with Crippen molar-refractivity contribution in [2.45, 2.75) is 6.92 Å². The number of esters is 1. The van der Waals surface area contributed by atoms with E-state index < -0.39 is 11.9 Å². The molecule has 0 saturated carbocycles. The van der Waals surface area contributed by atoms with Crippen molar-refractivity contribution in [1.82, 2.24) is 5.32 Å². The molecule has 1 amide bonds. The molecule has 0 aliphatic rings. The first-order chi connectivity index (χ1) is 7.56. The van der Waals surface area contributed by atoms with E-state index in [-0.39, 0.29) is 28.2 Å². The van der Waals surface area contributed by atoms with Crippen molar-refractivity contribution in [3.05, 3.63) is 28.2 Å². The Kier molecular flexibility index (Phi) is 6.95. The van der Waals surface area contributed by atoms with Crippen LogP contribution in [0, 0.1) is 0 Å². The fourth-order valence-corrected chi connectivity index (χ4v) is 1.43. The fourth-order valence-electron chi connectivity index (χ4n) is 0.952. The molecule has 0 aliphatic heterocycles. The molecule has 94 valence electrons. The van der Waals surface area contributed by atoms with Crippen LogP contribution in [0.5, 0.6) is 5.75 Å². The summed E-state index contributed by atoms with van der Waals surface area (Å²) in [5.41, 5.74) is 0. The van der Waals surface area contributed by atoms with Gasteiger partial charge in [-0.3, -0.25) is 4.79 Å². The lowest BCUT2D eigenvalue weighted by atomic mass is 10.3. The maximum Gasteiger partial charge on any atom is 0.402 e. The molecule has 0 saturated heterocycles. The van der Waals surface area contributed by atoms with Crippen molar-refractivity contribution in [1.29, 1.82) is 0 Å². The number of halogens is 3. The first-order valence-electron chi connectivity index (χ1n) is 4.50. The van der Waals surface area contributed by atoms with Crippen LogP contribution in [0.3, 0.4) is 0 Å². The molecule has 0 unspecified atom stereocenters. The van der Waals surface area contributed by atoms with Gasteiger partial charge in [0.1, 0.15) is 0 Å². The molecule has 4 nitrogen and oxygen atoms in total. The maximum atomic E-state index is 11.3. The lowest BCUT2D eigenvalue weighted by Crippen LogP contribution is -2.34. The van der Waals surface area contributed by atoms with Crippen LogP contribution in [0.4, 0.5) is 0 Å². The third kappa shape index (κ3) is 4.42. The molecule has 1 rings (SSSR count). The van der Waals surface area contributed by atoms with Gasteiger partial charge in [-0.1, -0.05) is 29.3 Å². The van der Waals surface area contributed by atoms with Gasteiger partial charge in [0.05, 0.1) is 10.0 Å². The highest BCUT2D eigenvalue weighted by Gasteiger charge is 2.18. The van der Waals surface area contributed by atoms with Gasteiger partial charge in [-0.25, -0.2) is 4.79 Å². The molecule has 7 heteroatoms. The number of benzene rings is 1. The monoisotopic (exact) mass is 297 g/mol. The van der Waals surface area contributed by atoms with Crippen LogP contribution in [0.25, 0.3) is 0 Å². The summed E-state index contributed by atoms with van der Waals surface area (Å²) in [6.07, 6.45) is 0. The number of ether oxygens (including phenoxy) is 1. The summed E-state index contributed by atoms with van der Waals surface area (Å²) in [5.74, 6) is -1.89. The van der Waals surface area contributed by atoms with Crippen molar-refractivity contribution in [3.63, 3.8) is 0 Å². The van der Waals surface area contributed by atoms with E-state index in [2.05, 4.69) is 5.32 Å². The maximum absolute atomic E-state index is 11.3. The first kappa shape index (κ1) is 16.0. The van der Waals surface area contributed by atoms with E-state index in [1.54, 1.807) is 13.0 Å². The molecular weight excluding hydrogens is 288 g/mol. The van der Waals surface area contributed by atoms with Gasteiger partial charge in [-0.05, 0) is 19.1 Å². The molecule has 0 aromatic heterocycles. The Bertz CT molecular complexity index is 403. The number of likely N-dealkylation sites (N-methyl/N-ethyl adjacent to an activating group) is 1. The van der Waals surface area contributed by atoms with Crippen LogP contribution in [0.1, 0.15) is 6.92 Å². The highest BCUT2D eigenvalue weighted by atomic mass is 35.5. The number of carbonyl (C=O) groups excluding carboxylic acids is 2. The third-order valence-corrected chi connectivity index (χ3v) is 2.23. The van der Waals surface area contributed by atoms with Gasteiger partial charge in [0.2, 0.25) is 0 Å². The number of carbonyl (C=O) groups is 2. The zero-order valence-electron chi connectivity index (χ0n) is 8.83. The first-order valence-corrected chi connectivity index (χ1v) is 5.26. The van der Waals surface area contributed by atoms with Crippen LogP contribution in [0.15, 0.2) is 18.2 Å². The Morgan fingerprint density at radius 3 is 2.29 bits per heavy atom. The van der Waals surface area contributed by atoms with Crippen LogP contribution >= 0.6 is 35.6 Å². The fraction of sp³-hybridized carbons (Fsp3) is 0.200. The molecule has 0 radical (unpaired) electrons. The summed E-state index contributed by atoms with van der Waals surface area (Å²) >= 11 is 11.5. The second-order valence-corrected chi connectivity index (χ2v) is 3.61. The Hall–Kier alpha value is -0.970. The minimum atomic E-state index is -1.04. The molecular formula is C10H10Cl3NO3. The van der Waals surface area contributed by atoms with E-state index in [4.69, 9.17) is 27.9 Å². The van der Waals surface area contributed by atoms with Crippen LogP contribution < -0.4 is 10.1 Å². The average Bonchev–Trinajstić information content (AvgIpc) is 2.23. The summed E-state index contributed by atoms with van der Waals surface area (Å²) in [4.78, 5) is 22.4. The number of hydrogen-bond acceptors (Lipinski definition) is 3. The van der Waals surface area contributed by atoms with Crippen LogP contribution in [-0.2, 0) is 9.59 Å². The Morgan fingerprint density at radius 2 is 1.82 bits per heavy atom. The molecule has 0 bridgehead atoms. The van der Waals surface area contributed by atoms with Crippen molar-refractivity contribution < 1.29 is 14.3 Å². The highest BCUT2D eigenvalue weighted by Crippen LogP contribution is 2.32. The normalized spacial score (nSPS) is 9.12. The van der Waals surface area contributed by atoms with Crippen molar-refractivity contribution in [2.24, 2.45) is 0 Å². The van der Waals surface area contributed by atoms with E-state index in [1.165, 1.54) is 12.1 Å². The lowest BCUT2D eigenvalue weighted by molar-refractivity contribution is -0.148. The largest absolute Gasteiger partial charge is 0.416 e. The summed E-state index contributed by atoms with van der Waals surface area (Å²) in [7, 11) is 0. The van der Waals surface area contributed by atoms with E-state index in [0.717, 1.165) is 0 Å². The Labute approximate surface area is 115 Å². The van der Waals surface area contributed by atoms with Gasteiger partial charge in [-0.2, -0.15) is 0 Å². The van der Waals surface area contributed by atoms with E-state index in [9.17, 15) is 9.59 Å². The SMILES string of the molecule is CCNC(=O)C(=O)Oc1c(Cl)cccc1Cl.Cl. The number of hydrogen-bond donors (Lipinski definition) is 1. The number of para-hydroxylation sites is 1. The quantitative estimate of drug-likeness (QED) is 0.518. The lowest BCUT2D eigenvalue weighted by Gasteiger charge is -2.07. The minimum Gasteiger partial charge on any atom is -0.416 e. The summed E-state index contributed by atoms with van der Waals surface area (Å²) in [5, 5.41) is 2.65. The molecule has 0 aliphatic carbocycles. The van der Waals surface area contributed by atoms with Gasteiger partial charge >= 0.3 is 11.9 Å². The predicted octanol–water partition coefficient (Wildman–Crippen LogP) is 2.46. The molecule has 17 heavy (non-hydrogen) atoms. The van der Waals surface area contributed by atoms with Crippen molar-refractivity contribution in [2.75, 3.05) is 6.54 Å². The predicted molar refractivity (Wildman–Crippen MR) is 68.0 cm³/mol. The number of nitrogens with one attached hydrogen (secondary N) is 1. The zero-order valence-corrected chi connectivity index (χ0v) is 11.2. The molecule has 0 fully saturated rings. The molecule has 0 atom stereocenters. The van der Waals surface area contributed by atoms with Gasteiger partial charge in [0, 0.05) is 6.54 Å². The average molecular weight is 299 g/mol. The summed E-state index contributed by atoms with van der Waals surface area (Å²) < 4.78 is 4.78. The smallest absolute Gasteiger partial charge is 0.402 e. The van der Waals surface area contributed by atoms with Gasteiger partial charge in [0.15, 0.2) is 5.75 Å². The van der Waals surface area contributed by atoms with E-state index >= 15 is 0 Å². The molecule has 1 N–H and O–H groups in total. The number of rotatable bonds is 2. The van der Waals surface area contributed by atoms with E-state index in [0.29, 0.717) is 6.54 Å². The highest BCUT2D eigenvalue weighted by molar-refractivity contribution is 6.38. The Balaban J connectivity index is 0.00000256. The summed E-state index contributed by atoms with van der Waals surface area (Å²) in [6.45, 7) is 2.03. The van der Waals surface area contributed by atoms with Crippen molar-refractivity contribution in [3.8, 4) is 5.75 Å². The van der Waals surface area contributed by atoms with E-state index in [1.807, 2.05) is 0 Å². The molecule has 1 aromatic rings. The van der Waals surface area contributed by atoms with Crippen LogP contribution in [0.2, 0.25) is 10.0 Å². The van der Waals surface area contributed by atoms with Gasteiger partial charge in [-0.15, -0.1) is 12.4 Å². The second kappa shape index (κ2) is 7.37. The minimum absolute atomic E-state index is 0. The topological polar surface area (TPSA) is 55.4 Å². The third-order valence-electron chi connectivity index (χ3n) is 1.64.